The van der Waals surface area contributed by atoms with Crippen LogP contribution in [-0.2, 0) is 9.84 Å². The van der Waals surface area contributed by atoms with Gasteiger partial charge in [-0.05, 0) is 25.2 Å². The number of hydrogen-bond donors (Lipinski definition) is 0. The van der Waals surface area contributed by atoms with Gasteiger partial charge in [0.15, 0.2) is 0 Å². The van der Waals surface area contributed by atoms with Crippen LogP contribution in [0.5, 0.6) is 0 Å². The topological polar surface area (TPSA) is 34.1 Å². The number of unbranched alkanes of at least 4 members (excludes halogenated alkanes) is 1. The van der Waals surface area contributed by atoms with Crippen molar-refractivity contribution < 1.29 is 8.42 Å². The molecule has 0 bridgehead atoms. The van der Waals surface area contributed by atoms with E-state index in [2.05, 4.69) is 13.8 Å². The monoisotopic (exact) mass is 254 g/mol. The minimum Gasteiger partial charge on any atom is -0.229 e. The van der Waals surface area contributed by atoms with Crippen molar-refractivity contribution in [2.45, 2.75) is 51.8 Å². The smallest absolute Gasteiger partial charge is 0.150 e. The molecule has 1 unspecified atom stereocenters. The fourth-order valence-electron chi connectivity index (χ4n) is 1.41. The highest BCUT2D eigenvalue weighted by Gasteiger charge is 2.11. The molecule has 0 aromatic rings. The van der Waals surface area contributed by atoms with E-state index in [0.29, 0.717) is 23.8 Å². The van der Waals surface area contributed by atoms with Crippen LogP contribution in [0.1, 0.15) is 46.5 Å². The molecule has 2 nitrogen and oxygen atoms in total. The van der Waals surface area contributed by atoms with Gasteiger partial charge in [-0.25, -0.2) is 8.42 Å². The SMILES string of the molecule is CCCS(=O)(=O)CCCCC(Cl)C(C)C. The van der Waals surface area contributed by atoms with Crippen molar-refractivity contribution in [3.8, 4) is 0 Å². The first-order chi connectivity index (χ1) is 6.89. The Labute approximate surface area is 99.3 Å². The molecule has 0 amide bonds. The van der Waals surface area contributed by atoms with Crippen LogP contribution in [0.2, 0.25) is 0 Å². The Morgan fingerprint density at radius 3 is 2.20 bits per heavy atom. The fourth-order valence-corrected chi connectivity index (χ4v) is 3.03. The van der Waals surface area contributed by atoms with E-state index in [0.717, 1.165) is 19.3 Å². The van der Waals surface area contributed by atoms with Gasteiger partial charge in [0, 0.05) is 11.1 Å². The van der Waals surface area contributed by atoms with Crippen molar-refractivity contribution in [1.82, 2.24) is 0 Å². The molecule has 0 saturated carbocycles. The van der Waals surface area contributed by atoms with E-state index in [1.54, 1.807) is 0 Å². The van der Waals surface area contributed by atoms with Crippen LogP contribution in [0.25, 0.3) is 0 Å². The van der Waals surface area contributed by atoms with Crippen molar-refractivity contribution in [2.75, 3.05) is 11.5 Å². The number of sulfone groups is 1. The maximum atomic E-state index is 11.4. The number of halogens is 1. The summed E-state index contributed by atoms with van der Waals surface area (Å²) < 4.78 is 22.8. The predicted molar refractivity (Wildman–Crippen MR) is 67.3 cm³/mol. The fraction of sp³-hybridized carbons (Fsp3) is 1.00. The molecule has 1 atom stereocenters. The van der Waals surface area contributed by atoms with Gasteiger partial charge in [-0.15, -0.1) is 11.6 Å². The van der Waals surface area contributed by atoms with E-state index < -0.39 is 9.84 Å². The van der Waals surface area contributed by atoms with Gasteiger partial charge in [0.05, 0.1) is 5.75 Å². The lowest BCUT2D eigenvalue weighted by Gasteiger charge is -2.12. The third-order valence-corrected chi connectivity index (χ3v) is 5.09. The van der Waals surface area contributed by atoms with Gasteiger partial charge < -0.3 is 0 Å². The van der Waals surface area contributed by atoms with E-state index in [-0.39, 0.29) is 5.38 Å². The predicted octanol–water partition coefficient (Wildman–Crippen LogP) is 3.24. The highest BCUT2D eigenvalue weighted by molar-refractivity contribution is 7.91. The quantitative estimate of drug-likeness (QED) is 0.492. The summed E-state index contributed by atoms with van der Waals surface area (Å²) in [5.74, 6) is 1.11. The highest BCUT2D eigenvalue weighted by Crippen LogP contribution is 2.16. The molecule has 0 saturated heterocycles. The Kier molecular flexibility index (Phi) is 7.62. The second-order valence-electron chi connectivity index (χ2n) is 4.41. The van der Waals surface area contributed by atoms with Gasteiger partial charge in [-0.3, -0.25) is 0 Å². The minimum atomic E-state index is -2.79. The van der Waals surface area contributed by atoms with E-state index >= 15 is 0 Å². The molecule has 4 heteroatoms. The summed E-state index contributed by atoms with van der Waals surface area (Å²) >= 11 is 6.08. The first-order valence-electron chi connectivity index (χ1n) is 5.73. The van der Waals surface area contributed by atoms with Crippen molar-refractivity contribution in [1.29, 1.82) is 0 Å². The molecule has 0 aliphatic rings. The van der Waals surface area contributed by atoms with E-state index in [1.165, 1.54) is 0 Å². The van der Waals surface area contributed by atoms with Crippen LogP contribution in [0, 0.1) is 5.92 Å². The van der Waals surface area contributed by atoms with Crippen LogP contribution < -0.4 is 0 Å². The summed E-state index contributed by atoms with van der Waals surface area (Å²) in [7, 11) is -2.79. The molecule has 0 rings (SSSR count). The Bertz CT molecular complexity index is 247. The third kappa shape index (κ3) is 8.09. The highest BCUT2D eigenvalue weighted by atomic mass is 35.5. The molecule has 0 N–H and O–H groups in total. The molecule has 0 fully saturated rings. The second-order valence-corrected chi connectivity index (χ2v) is 7.27. The average molecular weight is 255 g/mol. The van der Waals surface area contributed by atoms with Crippen LogP contribution in [-0.4, -0.2) is 25.3 Å². The van der Waals surface area contributed by atoms with Crippen LogP contribution in [0.4, 0.5) is 0 Å². The zero-order chi connectivity index (χ0) is 11.9. The molecule has 0 aromatic heterocycles. The van der Waals surface area contributed by atoms with Gasteiger partial charge in [0.1, 0.15) is 9.84 Å². The van der Waals surface area contributed by atoms with Crippen molar-refractivity contribution in [3.05, 3.63) is 0 Å². The number of alkyl halides is 1. The van der Waals surface area contributed by atoms with Crippen molar-refractivity contribution >= 4 is 21.4 Å². The third-order valence-electron chi connectivity index (χ3n) is 2.42. The molecule has 15 heavy (non-hydrogen) atoms. The normalized spacial score (nSPS) is 14.5. The summed E-state index contributed by atoms with van der Waals surface area (Å²) in [6.45, 7) is 6.07. The molecule has 0 aliphatic carbocycles. The van der Waals surface area contributed by atoms with Crippen LogP contribution in [0.3, 0.4) is 0 Å². The van der Waals surface area contributed by atoms with E-state index in [9.17, 15) is 8.42 Å². The molecule has 0 heterocycles. The maximum Gasteiger partial charge on any atom is 0.150 e. The summed E-state index contributed by atoms with van der Waals surface area (Å²) in [5.41, 5.74) is 0. The second kappa shape index (κ2) is 7.50. The molecule has 0 aromatic carbocycles. The van der Waals surface area contributed by atoms with Gasteiger partial charge in [0.2, 0.25) is 0 Å². The largest absolute Gasteiger partial charge is 0.229 e. The molecule has 0 spiro atoms. The summed E-state index contributed by atoms with van der Waals surface area (Å²) in [6, 6.07) is 0. The Balaban J connectivity index is 3.63. The van der Waals surface area contributed by atoms with E-state index in [4.69, 9.17) is 11.6 Å². The van der Waals surface area contributed by atoms with Crippen molar-refractivity contribution in [3.63, 3.8) is 0 Å². The lowest BCUT2D eigenvalue weighted by atomic mass is 10.1. The van der Waals surface area contributed by atoms with Gasteiger partial charge in [0.25, 0.3) is 0 Å². The molecule has 92 valence electrons. The number of rotatable bonds is 8. The van der Waals surface area contributed by atoms with Gasteiger partial charge in [-0.1, -0.05) is 27.2 Å². The number of hydrogen-bond acceptors (Lipinski definition) is 2. The molecular weight excluding hydrogens is 232 g/mol. The lowest BCUT2D eigenvalue weighted by molar-refractivity contribution is 0.540. The van der Waals surface area contributed by atoms with Crippen LogP contribution >= 0.6 is 11.6 Å². The van der Waals surface area contributed by atoms with Crippen molar-refractivity contribution in [2.24, 2.45) is 5.92 Å². The Morgan fingerprint density at radius 2 is 1.73 bits per heavy atom. The zero-order valence-electron chi connectivity index (χ0n) is 10.0. The zero-order valence-corrected chi connectivity index (χ0v) is 11.6. The van der Waals surface area contributed by atoms with E-state index in [1.807, 2.05) is 6.92 Å². The summed E-state index contributed by atoms with van der Waals surface area (Å²) in [6.07, 6.45) is 3.29. The molecule has 0 radical (unpaired) electrons. The Morgan fingerprint density at radius 1 is 1.13 bits per heavy atom. The molecule has 0 aliphatic heterocycles. The van der Waals surface area contributed by atoms with Gasteiger partial charge >= 0.3 is 0 Å². The summed E-state index contributed by atoms with van der Waals surface area (Å²) in [5, 5.41) is 0.180. The summed E-state index contributed by atoms with van der Waals surface area (Å²) in [4.78, 5) is 0. The maximum absolute atomic E-state index is 11.4. The Hall–Kier alpha value is 0.240. The first kappa shape index (κ1) is 15.2. The van der Waals surface area contributed by atoms with Gasteiger partial charge in [-0.2, -0.15) is 0 Å². The lowest BCUT2D eigenvalue weighted by Crippen LogP contribution is -2.12. The standard InChI is InChI=1S/C11H23ClO2S/c1-4-8-15(13,14)9-6-5-7-11(12)10(2)3/h10-11H,4-9H2,1-3H3. The average Bonchev–Trinajstić information content (AvgIpc) is 2.11. The van der Waals surface area contributed by atoms with Crippen LogP contribution in [0.15, 0.2) is 0 Å². The molecular formula is C11H23ClO2S. The first-order valence-corrected chi connectivity index (χ1v) is 7.99. The minimum absolute atomic E-state index is 0.180.